The van der Waals surface area contributed by atoms with Crippen LogP contribution in [-0.4, -0.2) is 12.6 Å². The maximum atomic E-state index is 6.76. The predicted octanol–water partition coefficient (Wildman–Crippen LogP) is 3.61. The molecule has 19 heavy (non-hydrogen) atoms. The molecular weight excluding hydrogens is 234 g/mol. The smallest absolute Gasteiger partial charge is 0.0876 e. The molecule has 0 spiro atoms. The Balaban J connectivity index is 1.64. The molecular formula is C17H27NO. The van der Waals surface area contributed by atoms with Crippen LogP contribution >= 0.6 is 0 Å². The van der Waals surface area contributed by atoms with Gasteiger partial charge in [-0.3, -0.25) is 0 Å². The molecule has 5 aliphatic rings. The second kappa shape index (κ2) is 4.00. The van der Waals surface area contributed by atoms with Crippen molar-refractivity contribution in [3.8, 4) is 0 Å². The molecule has 1 aliphatic heterocycles. The Kier molecular flexibility index (Phi) is 2.58. The van der Waals surface area contributed by atoms with Crippen LogP contribution in [0, 0.1) is 22.7 Å². The molecule has 3 atom stereocenters. The second-order valence-electron chi connectivity index (χ2n) is 8.28. The van der Waals surface area contributed by atoms with Gasteiger partial charge in [0.25, 0.3) is 0 Å². The van der Waals surface area contributed by atoms with Crippen LogP contribution in [0.5, 0.6) is 0 Å². The van der Waals surface area contributed by atoms with E-state index >= 15 is 0 Å². The molecule has 4 bridgehead atoms. The van der Waals surface area contributed by atoms with E-state index < -0.39 is 0 Å². The maximum Gasteiger partial charge on any atom is 0.0876 e. The van der Waals surface area contributed by atoms with Gasteiger partial charge in [-0.1, -0.05) is 6.92 Å². The van der Waals surface area contributed by atoms with E-state index in [4.69, 9.17) is 10.5 Å². The van der Waals surface area contributed by atoms with E-state index in [1.807, 2.05) is 6.26 Å². The lowest BCUT2D eigenvalue weighted by Crippen LogP contribution is -2.58. The molecule has 2 heteroatoms. The fourth-order valence-corrected chi connectivity index (χ4v) is 6.37. The summed E-state index contributed by atoms with van der Waals surface area (Å²) < 4.78 is 5.55. The molecule has 0 aromatic carbocycles. The lowest BCUT2D eigenvalue weighted by Gasteiger charge is -2.63. The molecule has 4 saturated carbocycles. The van der Waals surface area contributed by atoms with Crippen molar-refractivity contribution in [3.63, 3.8) is 0 Å². The Hall–Kier alpha value is -0.500. The first-order chi connectivity index (χ1) is 9.09. The Morgan fingerprint density at radius 3 is 2.58 bits per heavy atom. The minimum Gasteiger partial charge on any atom is -0.501 e. The number of rotatable bonds is 2. The average molecular weight is 261 g/mol. The summed E-state index contributed by atoms with van der Waals surface area (Å²) >= 11 is 0. The quantitative estimate of drug-likeness (QED) is 0.824. The van der Waals surface area contributed by atoms with Gasteiger partial charge in [-0.05, 0) is 79.6 Å². The minimum atomic E-state index is 0.262. The van der Waals surface area contributed by atoms with Crippen LogP contribution in [0.4, 0.5) is 0 Å². The van der Waals surface area contributed by atoms with E-state index in [0.29, 0.717) is 10.8 Å². The predicted molar refractivity (Wildman–Crippen MR) is 76.5 cm³/mol. The molecule has 0 amide bonds. The van der Waals surface area contributed by atoms with Crippen molar-refractivity contribution in [1.82, 2.24) is 0 Å². The second-order valence-corrected chi connectivity index (χ2v) is 8.28. The SMILES string of the molecule is CC12CC3CC(C1)CC(C(N)C1=COCCC1)(C3)C2. The average Bonchev–Trinajstić information content (AvgIpc) is 2.36. The molecule has 2 nitrogen and oxygen atoms in total. The third-order valence-electron chi connectivity index (χ3n) is 6.42. The fourth-order valence-electron chi connectivity index (χ4n) is 6.37. The lowest BCUT2D eigenvalue weighted by molar-refractivity contribution is -0.109. The summed E-state index contributed by atoms with van der Waals surface area (Å²) in [6, 6.07) is 0.262. The monoisotopic (exact) mass is 261 g/mol. The van der Waals surface area contributed by atoms with E-state index in [1.54, 1.807) is 0 Å². The highest BCUT2D eigenvalue weighted by atomic mass is 16.5. The first-order valence-corrected chi connectivity index (χ1v) is 8.15. The van der Waals surface area contributed by atoms with Crippen LogP contribution in [-0.2, 0) is 4.74 Å². The molecule has 0 aromatic rings. The van der Waals surface area contributed by atoms with E-state index in [9.17, 15) is 0 Å². The topological polar surface area (TPSA) is 35.2 Å². The number of ether oxygens (including phenoxy) is 1. The van der Waals surface area contributed by atoms with Crippen LogP contribution in [0.25, 0.3) is 0 Å². The van der Waals surface area contributed by atoms with E-state index in [2.05, 4.69) is 6.92 Å². The van der Waals surface area contributed by atoms with Gasteiger partial charge in [0.05, 0.1) is 12.9 Å². The number of nitrogens with two attached hydrogens (primary N) is 1. The molecule has 0 saturated heterocycles. The molecule has 5 rings (SSSR count). The van der Waals surface area contributed by atoms with Gasteiger partial charge in [0, 0.05) is 6.04 Å². The summed E-state index contributed by atoms with van der Waals surface area (Å²) in [6.07, 6.45) is 12.9. The largest absolute Gasteiger partial charge is 0.501 e. The van der Waals surface area contributed by atoms with Gasteiger partial charge in [-0.25, -0.2) is 0 Å². The van der Waals surface area contributed by atoms with Crippen LogP contribution in [0.2, 0.25) is 0 Å². The third-order valence-corrected chi connectivity index (χ3v) is 6.42. The first-order valence-electron chi connectivity index (χ1n) is 8.15. The maximum absolute atomic E-state index is 6.76. The molecule has 106 valence electrons. The molecule has 4 fully saturated rings. The van der Waals surface area contributed by atoms with Gasteiger partial charge in [0.1, 0.15) is 0 Å². The van der Waals surface area contributed by atoms with Crippen molar-refractivity contribution in [2.45, 2.75) is 64.3 Å². The summed E-state index contributed by atoms with van der Waals surface area (Å²) in [5, 5.41) is 0. The van der Waals surface area contributed by atoms with Crippen molar-refractivity contribution in [1.29, 1.82) is 0 Å². The Morgan fingerprint density at radius 1 is 1.26 bits per heavy atom. The van der Waals surface area contributed by atoms with Gasteiger partial charge >= 0.3 is 0 Å². The zero-order chi connectivity index (χ0) is 13.1. The summed E-state index contributed by atoms with van der Waals surface area (Å²) in [7, 11) is 0. The molecule has 0 aromatic heterocycles. The lowest BCUT2D eigenvalue weighted by atomic mass is 9.43. The number of hydrogen-bond acceptors (Lipinski definition) is 2. The van der Waals surface area contributed by atoms with Gasteiger partial charge in [0.2, 0.25) is 0 Å². The first kappa shape index (κ1) is 12.3. The van der Waals surface area contributed by atoms with Crippen molar-refractivity contribution in [3.05, 3.63) is 11.8 Å². The summed E-state index contributed by atoms with van der Waals surface area (Å²) in [4.78, 5) is 0. The molecule has 4 aliphatic carbocycles. The Bertz CT molecular complexity index is 399. The number of hydrogen-bond donors (Lipinski definition) is 1. The Labute approximate surface area is 116 Å². The van der Waals surface area contributed by atoms with E-state index in [-0.39, 0.29) is 6.04 Å². The molecule has 2 N–H and O–H groups in total. The highest BCUT2D eigenvalue weighted by Gasteiger charge is 2.58. The van der Waals surface area contributed by atoms with Crippen LogP contribution in [0.15, 0.2) is 11.8 Å². The summed E-state index contributed by atoms with van der Waals surface area (Å²) in [5.41, 5.74) is 9.16. The normalized spacial score (nSPS) is 49.7. The van der Waals surface area contributed by atoms with Crippen LogP contribution in [0.3, 0.4) is 0 Å². The van der Waals surface area contributed by atoms with E-state index in [0.717, 1.165) is 31.3 Å². The van der Waals surface area contributed by atoms with Crippen LogP contribution in [0.1, 0.15) is 58.3 Å². The van der Waals surface area contributed by atoms with Crippen molar-refractivity contribution in [2.75, 3.05) is 6.61 Å². The van der Waals surface area contributed by atoms with Crippen molar-refractivity contribution >= 4 is 0 Å². The minimum absolute atomic E-state index is 0.262. The zero-order valence-electron chi connectivity index (χ0n) is 12.2. The van der Waals surface area contributed by atoms with E-state index in [1.165, 1.54) is 44.1 Å². The zero-order valence-corrected chi connectivity index (χ0v) is 12.2. The van der Waals surface area contributed by atoms with Gasteiger partial charge in [-0.15, -0.1) is 0 Å². The third kappa shape index (κ3) is 1.86. The van der Waals surface area contributed by atoms with Crippen LogP contribution < -0.4 is 5.73 Å². The highest BCUT2D eigenvalue weighted by Crippen LogP contribution is 2.66. The Morgan fingerprint density at radius 2 is 2.00 bits per heavy atom. The van der Waals surface area contributed by atoms with Crippen molar-refractivity contribution in [2.24, 2.45) is 28.4 Å². The molecule has 0 radical (unpaired) electrons. The van der Waals surface area contributed by atoms with Crippen molar-refractivity contribution < 1.29 is 4.74 Å². The van der Waals surface area contributed by atoms with Gasteiger partial charge in [-0.2, -0.15) is 0 Å². The molecule has 1 heterocycles. The summed E-state index contributed by atoms with van der Waals surface area (Å²) in [6.45, 7) is 3.41. The molecule has 3 unspecified atom stereocenters. The summed E-state index contributed by atoms with van der Waals surface area (Å²) in [5.74, 6) is 1.92. The van der Waals surface area contributed by atoms with Gasteiger partial charge in [0.15, 0.2) is 0 Å². The highest BCUT2D eigenvalue weighted by molar-refractivity contribution is 5.20. The fraction of sp³-hybridized carbons (Fsp3) is 0.882. The van der Waals surface area contributed by atoms with Gasteiger partial charge < -0.3 is 10.5 Å². The standard InChI is InChI=1S/C17H27NO/c1-16-6-12-5-13(7-16)9-17(8-12,11-16)15(18)14-3-2-4-19-10-14/h10,12-13,15H,2-9,11,18H2,1H3.